The summed E-state index contributed by atoms with van der Waals surface area (Å²) >= 11 is 0. The summed E-state index contributed by atoms with van der Waals surface area (Å²) < 4.78 is 0. The van der Waals surface area contributed by atoms with Gasteiger partial charge in [0.2, 0.25) is 5.91 Å². The number of benzene rings is 1. The fourth-order valence-electron chi connectivity index (χ4n) is 1.80. The molecule has 5 nitrogen and oxygen atoms in total. The van der Waals surface area contributed by atoms with Gasteiger partial charge in [-0.15, -0.1) is 0 Å². The van der Waals surface area contributed by atoms with Crippen molar-refractivity contribution in [3.63, 3.8) is 0 Å². The lowest BCUT2D eigenvalue weighted by Crippen LogP contribution is -2.42. The molecule has 2 rings (SSSR count). The third-order valence-corrected chi connectivity index (χ3v) is 2.75. The van der Waals surface area contributed by atoms with Crippen LogP contribution in [0.3, 0.4) is 0 Å². The molecule has 1 heterocycles. The second-order valence-electron chi connectivity index (χ2n) is 3.86. The van der Waals surface area contributed by atoms with E-state index in [1.165, 1.54) is 0 Å². The Balaban J connectivity index is 2.19. The number of para-hydroxylation sites is 2. The van der Waals surface area contributed by atoms with Crippen LogP contribution in [0.25, 0.3) is 11.0 Å². The summed E-state index contributed by atoms with van der Waals surface area (Å²) in [7, 11) is 3.40. The number of hydrogen-bond donors (Lipinski definition) is 3. The Morgan fingerprint density at radius 1 is 1.41 bits per heavy atom. The van der Waals surface area contributed by atoms with E-state index < -0.39 is 0 Å². The number of nitrogens with zero attached hydrogens (tertiary/aromatic N) is 1. The second-order valence-corrected chi connectivity index (χ2v) is 3.86. The van der Waals surface area contributed by atoms with E-state index in [2.05, 4.69) is 20.6 Å². The van der Waals surface area contributed by atoms with E-state index in [1.54, 1.807) is 14.1 Å². The van der Waals surface area contributed by atoms with Gasteiger partial charge in [-0.2, -0.15) is 0 Å². The smallest absolute Gasteiger partial charge is 0.237 e. The van der Waals surface area contributed by atoms with Gasteiger partial charge in [0.05, 0.1) is 17.1 Å². The molecule has 0 unspecified atom stereocenters. The van der Waals surface area contributed by atoms with Crippen molar-refractivity contribution in [1.82, 2.24) is 20.6 Å². The normalized spacial score (nSPS) is 12.6. The van der Waals surface area contributed by atoms with Crippen LogP contribution in [0.2, 0.25) is 0 Å². The molecule has 0 aliphatic carbocycles. The minimum Gasteiger partial charge on any atom is -0.358 e. The quantitative estimate of drug-likeness (QED) is 0.716. The number of carbonyl (C=O) groups excluding carboxylic acids is 1. The van der Waals surface area contributed by atoms with Gasteiger partial charge < -0.3 is 15.6 Å². The summed E-state index contributed by atoms with van der Waals surface area (Å²) in [5, 5.41) is 5.60. The zero-order valence-corrected chi connectivity index (χ0v) is 9.95. The molecule has 0 spiro atoms. The molecule has 90 valence electrons. The SMILES string of the molecule is CNC(=O)[C@H](Cc1nc2ccccc2[nH]1)NC. The van der Waals surface area contributed by atoms with Gasteiger partial charge in [0.15, 0.2) is 0 Å². The summed E-state index contributed by atoms with van der Waals surface area (Å²) in [6, 6.07) is 7.56. The van der Waals surface area contributed by atoms with E-state index in [0.717, 1.165) is 16.9 Å². The number of rotatable bonds is 4. The third kappa shape index (κ3) is 2.45. The fourth-order valence-corrected chi connectivity index (χ4v) is 1.80. The second kappa shape index (κ2) is 4.97. The first kappa shape index (κ1) is 11.6. The van der Waals surface area contributed by atoms with Crippen molar-refractivity contribution in [2.75, 3.05) is 14.1 Å². The zero-order chi connectivity index (χ0) is 12.3. The molecule has 3 N–H and O–H groups in total. The van der Waals surface area contributed by atoms with Gasteiger partial charge in [0.1, 0.15) is 5.82 Å². The topological polar surface area (TPSA) is 69.8 Å². The predicted octanol–water partition coefficient (Wildman–Crippen LogP) is 0.439. The van der Waals surface area contributed by atoms with Crippen LogP contribution in [0.1, 0.15) is 5.82 Å². The highest BCUT2D eigenvalue weighted by Gasteiger charge is 2.17. The van der Waals surface area contributed by atoms with Gasteiger partial charge >= 0.3 is 0 Å². The van der Waals surface area contributed by atoms with Crippen molar-refractivity contribution in [3.05, 3.63) is 30.1 Å². The Labute approximate surface area is 99.6 Å². The molecule has 0 radical (unpaired) electrons. The third-order valence-electron chi connectivity index (χ3n) is 2.75. The van der Waals surface area contributed by atoms with Crippen molar-refractivity contribution in [2.24, 2.45) is 0 Å². The van der Waals surface area contributed by atoms with E-state index in [9.17, 15) is 4.79 Å². The summed E-state index contributed by atoms with van der Waals surface area (Å²) in [4.78, 5) is 19.2. The molecule has 5 heteroatoms. The number of aromatic amines is 1. The van der Waals surface area contributed by atoms with Crippen molar-refractivity contribution in [2.45, 2.75) is 12.5 Å². The predicted molar refractivity (Wildman–Crippen MR) is 66.7 cm³/mol. The number of aromatic nitrogens is 2. The van der Waals surface area contributed by atoms with E-state index in [1.807, 2.05) is 24.3 Å². The number of nitrogens with one attached hydrogen (secondary N) is 3. The first-order valence-corrected chi connectivity index (χ1v) is 5.57. The number of fused-ring (bicyclic) bond motifs is 1. The molecule has 1 atom stereocenters. The largest absolute Gasteiger partial charge is 0.358 e. The first-order chi connectivity index (χ1) is 8.24. The summed E-state index contributed by atoms with van der Waals surface area (Å²) in [6.07, 6.45) is 0.546. The zero-order valence-electron chi connectivity index (χ0n) is 9.95. The minimum absolute atomic E-state index is 0.0343. The Hall–Kier alpha value is -1.88. The van der Waals surface area contributed by atoms with Crippen LogP contribution < -0.4 is 10.6 Å². The van der Waals surface area contributed by atoms with E-state index in [0.29, 0.717) is 6.42 Å². The van der Waals surface area contributed by atoms with Gasteiger partial charge in [0, 0.05) is 13.5 Å². The lowest BCUT2D eigenvalue weighted by Gasteiger charge is -2.12. The van der Waals surface area contributed by atoms with E-state index >= 15 is 0 Å². The molecule has 1 amide bonds. The van der Waals surface area contributed by atoms with Crippen LogP contribution in [-0.2, 0) is 11.2 Å². The minimum atomic E-state index is -0.263. The number of carbonyl (C=O) groups is 1. The van der Waals surface area contributed by atoms with Crippen LogP contribution in [0.5, 0.6) is 0 Å². The Kier molecular flexibility index (Phi) is 3.39. The maximum atomic E-state index is 11.5. The number of likely N-dealkylation sites (N-methyl/N-ethyl adjacent to an activating group) is 2. The van der Waals surface area contributed by atoms with Crippen LogP contribution in [0, 0.1) is 0 Å². The highest BCUT2D eigenvalue weighted by molar-refractivity contribution is 5.82. The lowest BCUT2D eigenvalue weighted by atomic mass is 10.2. The van der Waals surface area contributed by atoms with Gasteiger partial charge in [-0.05, 0) is 19.2 Å². The average Bonchev–Trinajstić information content (AvgIpc) is 2.77. The van der Waals surface area contributed by atoms with Crippen LogP contribution in [0.15, 0.2) is 24.3 Å². The molecule has 0 aliphatic heterocycles. The number of imidazole rings is 1. The Morgan fingerprint density at radius 2 is 2.18 bits per heavy atom. The molecule has 0 saturated carbocycles. The molecule has 0 aliphatic rings. The Bertz CT molecular complexity index is 487. The highest BCUT2D eigenvalue weighted by atomic mass is 16.2. The van der Waals surface area contributed by atoms with Crippen molar-refractivity contribution >= 4 is 16.9 Å². The van der Waals surface area contributed by atoms with Crippen molar-refractivity contribution in [1.29, 1.82) is 0 Å². The maximum Gasteiger partial charge on any atom is 0.237 e. The molecule has 0 saturated heterocycles. The van der Waals surface area contributed by atoms with E-state index in [-0.39, 0.29) is 11.9 Å². The molecule has 2 aromatic rings. The number of hydrogen-bond acceptors (Lipinski definition) is 3. The highest BCUT2D eigenvalue weighted by Crippen LogP contribution is 2.11. The Morgan fingerprint density at radius 3 is 2.82 bits per heavy atom. The molecule has 1 aromatic heterocycles. The van der Waals surface area contributed by atoms with Crippen molar-refractivity contribution in [3.8, 4) is 0 Å². The first-order valence-electron chi connectivity index (χ1n) is 5.57. The molecule has 0 bridgehead atoms. The van der Waals surface area contributed by atoms with Gasteiger partial charge in [0.25, 0.3) is 0 Å². The summed E-state index contributed by atoms with van der Waals surface area (Å²) in [5.74, 6) is 0.780. The average molecular weight is 232 g/mol. The number of amides is 1. The monoisotopic (exact) mass is 232 g/mol. The number of H-pyrrole nitrogens is 1. The molecule has 1 aromatic carbocycles. The van der Waals surface area contributed by atoms with Crippen LogP contribution in [-0.4, -0.2) is 36.0 Å². The van der Waals surface area contributed by atoms with Crippen molar-refractivity contribution < 1.29 is 4.79 Å². The summed E-state index contributed by atoms with van der Waals surface area (Å²) in [5.41, 5.74) is 1.92. The summed E-state index contributed by atoms with van der Waals surface area (Å²) in [6.45, 7) is 0. The molecule has 0 fully saturated rings. The standard InChI is InChI=1S/C12H16N4O/c1-13-10(12(17)14-2)7-11-15-8-5-3-4-6-9(8)16-11/h3-6,10,13H,7H2,1-2H3,(H,14,17)(H,15,16)/t10-/m0/s1. The molecular weight excluding hydrogens is 216 g/mol. The van der Waals surface area contributed by atoms with Gasteiger partial charge in [-0.25, -0.2) is 4.98 Å². The molecular formula is C12H16N4O. The lowest BCUT2D eigenvalue weighted by molar-refractivity contribution is -0.122. The molecule has 17 heavy (non-hydrogen) atoms. The van der Waals surface area contributed by atoms with Gasteiger partial charge in [-0.1, -0.05) is 12.1 Å². The van der Waals surface area contributed by atoms with Crippen LogP contribution >= 0.6 is 0 Å². The van der Waals surface area contributed by atoms with E-state index in [4.69, 9.17) is 0 Å². The van der Waals surface area contributed by atoms with Gasteiger partial charge in [-0.3, -0.25) is 4.79 Å². The maximum absolute atomic E-state index is 11.5. The fraction of sp³-hybridized carbons (Fsp3) is 0.333. The van der Waals surface area contributed by atoms with Crippen LogP contribution in [0.4, 0.5) is 0 Å².